The minimum Gasteiger partial charge on any atom is -0.478 e. The number of carbonyl (C=O) groups is 2. The molecule has 0 fully saturated rings. The first-order valence-corrected chi connectivity index (χ1v) is 5.68. The predicted molar refractivity (Wildman–Crippen MR) is 68.0 cm³/mol. The molecule has 2 aromatic rings. The van der Waals surface area contributed by atoms with E-state index in [1.807, 2.05) is 6.92 Å². The molecule has 3 N–H and O–H groups in total. The molecule has 0 saturated heterocycles. The molecule has 0 unspecified atom stereocenters. The fraction of sp³-hybridized carbons (Fsp3) is 0.250. The van der Waals surface area contributed by atoms with Gasteiger partial charge in [-0.15, -0.1) is 0 Å². The Morgan fingerprint density at radius 2 is 2.21 bits per heavy atom. The third-order valence-corrected chi connectivity index (χ3v) is 2.62. The summed E-state index contributed by atoms with van der Waals surface area (Å²) in [5.74, 6) is -1.53. The molecular formula is C12H13N3O4. The van der Waals surface area contributed by atoms with Crippen LogP contribution in [0.25, 0.3) is 11.1 Å². The molecule has 0 spiro atoms. The molecule has 19 heavy (non-hydrogen) atoms. The van der Waals surface area contributed by atoms with Crippen molar-refractivity contribution >= 4 is 29.0 Å². The van der Waals surface area contributed by atoms with Gasteiger partial charge in [-0.25, -0.2) is 4.79 Å². The number of benzene rings is 1. The number of carbonyl (C=O) groups excluding carboxylic acids is 1. The van der Waals surface area contributed by atoms with Gasteiger partial charge in [-0.1, -0.05) is 0 Å². The maximum Gasteiger partial charge on any atom is 0.335 e. The lowest BCUT2D eigenvalue weighted by molar-refractivity contribution is -0.116. The van der Waals surface area contributed by atoms with Crippen molar-refractivity contribution in [1.82, 2.24) is 4.98 Å². The summed E-state index contributed by atoms with van der Waals surface area (Å²) >= 11 is 0. The zero-order valence-corrected chi connectivity index (χ0v) is 10.3. The summed E-state index contributed by atoms with van der Waals surface area (Å²) in [5.41, 5.74) is 6.14. The number of nitrogens with zero attached hydrogens (tertiary/aromatic N) is 2. The Labute approximate surface area is 108 Å². The van der Waals surface area contributed by atoms with Crippen LogP contribution in [0.15, 0.2) is 22.6 Å². The summed E-state index contributed by atoms with van der Waals surface area (Å²) in [6.45, 7) is 2.33. The van der Waals surface area contributed by atoms with Gasteiger partial charge in [0, 0.05) is 6.54 Å². The number of oxazole rings is 1. The highest BCUT2D eigenvalue weighted by Gasteiger charge is 2.15. The molecule has 0 aliphatic heterocycles. The lowest BCUT2D eigenvalue weighted by atomic mass is 10.2. The third-order valence-electron chi connectivity index (χ3n) is 2.62. The number of fused-ring (bicyclic) bond motifs is 1. The number of hydrogen-bond donors (Lipinski definition) is 2. The van der Waals surface area contributed by atoms with E-state index in [9.17, 15) is 9.59 Å². The second kappa shape index (κ2) is 4.97. The molecular weight excluding hydrogens is 250 g/mol. The zero-order chi connectivity index (χ0) is 14.0. The standard InChI is InChI=1S/C12H13N3O4/c1-2-15(6-10(13)16)12-14-8-4-3-7(11(17)18)5-9(8)19-12/h3-5H,2,6H2,1H3,(H2,13,16)(H,17,18). The summed E-state index contributed by atoms with van der Waals surface area (Å²) < 4.78 is 5.46. The number of rotatable bonds is 5. The highest BCUT2D eigenvalue weighted by Crippen LogP contribution is 2.22. The Morgan fingerprint density at radius 3 is 2.79 bits per heavy atom. The number of amides is 1. The molecule has 0 bridgehead atoms. The molecule has 0 aliphatic carbocycles. The van der Waals surface area contributed by atoms with Gasteiger partial charge >= 0.3 is 5.97 Å². The van der Waals surface area contributed by atoms with Crippen LogP contribution in [0.5, 0.6) is 0 Å². The van der Waals surface area contributed by atoms with Gasteiger partial charge in [0.05, 0.1) is 5.56 Å². The number of carboxylic acid groups (broad SMARTS) is 1. The molecule has 0 radical (unpaired) electrons. The van der Waals surface area contributed by atoms with E-state index < -0.39 is 11.9 Å². The van der Waals surface area contributed by atoms with Gasteiger partial charge < -0.3 is 20.2 Å². The van der Waals surface area contributed by atoms with Crippen LogP contribution in [0.2, 0.25) is 0 Å². The summed E-state index contributed by atoms with van der Waals surface area (Å²) in [6, 6.07) is 4.65. The smallest absolute Gasteiger partial charge is 0.335 e. The third kappa shape index (κ3) is 2.65. The molecule has 1 heterocycles. The Morgan fingerprint density at radius 1 is 1.47 bits per heavy atom. The second-order valence-corrected chi connectivity index (χ2v) is 3.96. The topological polar surface area (TPSA) is 110 Å². The van der Waals surface area contributed by atoms with Crippen LogP contribution < -0.4 is 10.6 Å². The van der Waals surface area contributed by atoms with Crippen molar-refractivity contribution in [3.63, 3.8) is 0 Å². The first-order valence-electron chi connectivity index (χ1n) is 5.68. The summed E-state index contributed by atoms with van der Waals surface area (Å²) in [6.07, 6.45) is 0. The van der Waals surface area contributed by atoms with Gasteiger partial charge in [0.2, 0.25) is 5.91 Å². The number of carboxylic acids is 1. The van der Waals surface area contributed by atoms with Gasteiger partial charge in [0.15, 0.2) is 5.58 Å². The Bertz CT molecular complexity index is 635. The molecule has 7 nitrogen and oxygen atoms in total. The lowest BCUT2D eigenvalue weighted by Gasteiger charge is -2.15. The SMILES string of the molecule is CCN(CC(N)=O)c1nc2ccc(C(=O)O)cc2o1. The molecule has 1 aromatic heterocycles. The number of primary amides is 1. The van der Waals surface area contributed by atoms with E-state index >= 15 is 0 Å². The minimum atomic E-state index is -1.04. The summed E-state index contributed by atoms with van der Waals surface area (Å²) in [7, 11) is 0. The van der Waals surface area contributed by atoms with Gasteiger partial charge in [-0.3, -0.25) is 4.79 Å². The molecule has 7 heteroatoms. The van der Waals surface area contributed by atoms with Crippen molar-refractivity contribution in [3.05, 3.63) is 23.8 Å². The first kappa shape index (κ1) is 12.9. The van der Waals surface area contributed by atoms with Crippen LogP contribution in [-0.4, -0.2) is 35.1 Å². The average Bonchev–Trinajstić information content (AvgIpc) is 2.77. The van der Waals surface area contributed by atoms with Crippen molar-refractivity contribution in [1.29, 1.82) is 0 Å². The lowest BCUT2D eigenvalue weighted by Crippen LogP contribution is -2.33. The van der Waals surface area contributed by atoms with E-state index in [1.165, 1.54) is 12.1 Å². The van der Waals surface area contributed by atoms with Crippen molar-refractivity contribution in [3.8, 4) is 0 Å². The number of aromatic nitrogens is 1. The fourth-order valence-corrected chi connectivity index (χ4v) is 1.68. The van der Waals surface area contributed by atoms with E-state index in [2.05, 4.69) is 4.98 Å². The van der Waals surface area contributed by atoms with Crippen molar-refractivity contribution < 1.29 is 19.1 Å². The van der Waals surface area contributed by atoms with E-state index in [-0.39, 0.29) is 18.1 Å². The molecule has 0 saturated carbocycles. The van der Waals surface area contributed by atoms with Crippen LogP contribution >= 0.6 is 0 Å². The van der Waals surface area contributed by atoms with Crippen LogP contribution in [-0.2, 0) is 4.79 Å². The largest absolute Gasteiger partial charge is 0.478 e. The Kier molecular flexibility index (Phi) is 3.37. The van der Waals surface area contributed by atoms with Crippen molar-refractivity contribution in [2.45, 2.75) is 6.92 Å². The zero-order valence-electron chi connectivity index (χ0n) is 10.3. The van der Waals surface area contributed by atoms with Gasteiger partial charge in [0.1, 0.15) is 12.1 Å². The highest BCUT2D eigenvalue weighted by atomic mass is 16.4. The molecule has 0 atom stereocenters. The highest BCUT2D eigenvalue weighted by molar-refractivity contribution is 5.92. The van der Waals surface area contributed by atoms with Crippen molar-refractivity contribution in [2.24, 2.45) is 5.73 Å². The predicted octanol–water partition coefficient (Wildman–Crippen LogP) is 0.838. The average molecular weight is 263 g/mol. The number of nitrogens with two attached hydrogens (primary N) is 1. The molecule has 1 aromatic carbocycles. The van der Waals surface area contributed by atoms with Crippen molar-refractivity contribution in [2.75, 3.05) is 18.0 Å². The van der Waals surface area contributed by atoms with Crippen LogP contribution in [0.1, 0.15) is 17.3 Å². The Balaban J connectivity index is 2.39. The minimum absolute atomic E-state index is 0.00485. The fourth-order valence-electron chi connectivity index (χ4n) is 1.68. The maximum atomic E-state index is 10.9. The quantitative estimate of drug-likeness (QED) is 0.827. The Hall–Kier alpha value is -2.57. The van der Waals surface area contributed by atoms with Gasteiger partial charge in [-0.2, -0.15) is 4.98 Å². The summed E-state index contributed by atoms with van der Waals surface area (Å²) in [4.78, 5) is 27.6. The van der Waals surface area contributed by atoms with E-state index in [4.69, 9.17) is 15.3 Å². The molecule has 2 rings (SSSR count). The number of anilines is 1. The molecule has 0 aliphatic rings. The summed E-state index contributed by atoms with van der Waals surface area (Å²) in [5, 5.41) is 8.89. The number of aromatic carboxylic acids is 1. The van der Waals surface area contributed by atoms with Crippen LogP contribution in [0.4, 0.5) is 6.01 Å². The number of likely N-dealkylation sites (N-methyl/N-ethyl adjacent to an activating group) is 1. The van der Waals surface area contributed by atoms with Crippen LogP contribution in [0, 0.1) is 0 Å². The molecule has 1 amide bonds. The number of hydrogen-bond acceptors (Lipinski definition) is 5. The van der Waals surface area contributed by atoms with E-state index in [0.29, 0.717) is 17.6 Å². The second-order valence-electron chi connectivity index (χ2n) is 3.96. The maximum absolute atomic E-state index is 10.9. The van der Waals surface area contributed by atoms with Crippen LogP contribution in [0.3, 0.4) is 0 Å². The van der Waals surface area contributed by atoms with Gasteiger partial charge in [-0.05, 0) is 25.1 Å². The van der Waals surface area contributed by atoms with Gasteiger partial charge in [0.25, 0.3) is 6.01 Å². The van der Waals surface area contributed by atoms with E-state index in [1.54, 1.807) is 11.0 Å². The monoisotopic (exact) mass is 263 g/mol. The normalized spacial score (nSPS) is 10.6. The first-order chi connectivity index (χ1) is 9.01. The molecule has 100 valence electrons. The van der Waals surface area contributed by atoms with E-state index in [0.717, 1.165) is 0 Å².